The van der Waals surface area contributed by atoms with E-state index in [1.54, 1.807) is 13.8 Å². The number of nitrogens with zero attached hydrogens (tertiary/aromatic N) is 1. The van der Waals surface area contributed by atoms with Gasteiger partial charge in [-0.1, -0.05) is 6.92 Å². The smallest absolute Gasteiger partial charge is 0.253 e. The van der Waals surface area contributed by atoms with Crippen LogP contribution in [-0.4, -0.2) is 28.5 Å². The van der Waals surface area contributed by atoms with Crippen LogP contribution in [0.5, 0.6) is 0 Å². The third-order valence-electron chi connectivity index (χ3n) is 2.62. The molecule has 1 rings (SSSR count). The average Bonchev–Trinajstić information content (AvgIpc) is 2.44. The number of hydrogen-bond acceptors (Lipinski definition) is 3. The molecule has 1 heterocycles. The van der Waals surface area contributed by atoms with E-state index in [1.807, 2.05) is 0 Å². The number of imide groups is 1. The van der Waals surface area contributed by atoms with Crippen molar-refractivity contribution in [1.29, 1.82) is 0 Å². The van der Waals surface area contributed by atoms with Crippen LogP contribution in [0, 0.1) is 5.92 Å². The van der Waals surface area contributed by atoms with Gasteiger partial charge in [0.1, 0.15) is 5.78 Å². The Labute approximate surface area is 82.6 Å². The van der Waals surface area contributed by atoms with Gasteiger partial charge in [-0.05, 0) is 13.8 Å². The van der Waals surface area contributed by atoms with Gasteiger partial charge in [-0.25, -0.2) is 0 Å². The summed E-state index contributed by atoms with van der Waals surface area (Å²) in [5.74, 6) is -1.01. The summed E-state index contributed by atoms with van der Waals surface area (Å²) < 4.78 is 0. The molecule has 0 aromatic rings. The number of hydrogen-bond donors (Lipinski definition) is 0. The molecule has 0 N–H and O–H groups in total. The minimum absolute atomic E-state index is 0.0231. The molecule has 0 aromatic carbocycles. The Morgan fingerprint density at radius 2 is 1.64 bits per heavy atom. The molecule has 0 spiro atoms. The predicted molar refractivity (Wildman–Crippen MR) is 50.3 cm³/mol. The third kappa shape index (κ3) is 1.73. The van der Waals surface area contributed by atoms with E-state index >= 15 is 0 Å². The van der Waals surface area contributed by atoms with E-state index in [9.17, 15) is 14.4 Å². The van der Waals surface area contributed by atoms with Gasteiger partial charge in [0.15, 0.2) is 0 Å². The lowest BCUT2D eigenvalue weighted by Crippen LogP contribution is -2.43. The zero-order valence-corrected chi connectivity index (χ0v) is 8.48. The van der Waals surface area contributed by atoms with Crippen LogP contribution in [0.1, 0.15) is 20.8 Å². The summed E-state index contributed by atoms with van der Waals surface area (Å²) >= 11 is 0. The van der Waals surface area contributed by atoms with Gasteiger partial charge in [0, 0.05) is 24.1 Å². The van der Waals surface area contributed by atoms with Crippen LogP contribution < -0.4 is 0 Å². The van der Waals surface area contributed by atoms with Crippen molar-refractivity contribution in [2.75, 3.05) is 0 Å². The van der Waals surface area contributed by atoms with Crippen molar-refractivity contribution < 1.29 is 14.4 Å². The van der Waals surface area contributed by atoms with Gasteiger partial charge in [-0.2, -0.15) is 0 Å². The molecule has 2 atom stereocenters. The number of amides is 2. The first-order valence-corrected chi connectivity index (χ1v) is 4.51. The van der Waals surface area contributed by atoms with Gasteiger partial charge in [0.05, 0.1) is 0 Å². The molecule has 0 aliphatic carbocycles. The lowest BCUT2D eigenvalue weighted by Gasteiger charge is -2.26. The third-order valence-corrected chi connectivity index (χ3v) is 2.62. The van der Waals surface area contributed by atoms with Crippen LogP contribution in [0.25, 0.3) is 0 Å². The molecule has 2 amide bonds. The quantitative estimate of drug-likeness (QED) is 0.617. The SMILES string of the molecule is CC(=O)C(C)C(C)N1C(=O)C=CC1=O. The van der Waals surface area contributed by atoms with E-state index in [-0.39, 0.29) is 29.6 Å². The molecule has 1 aliphatic heterocycles. The Bertz CT molecular complexity index is 301. The fraction of sp³-hybridized carbons (Fsp3) is 0.500. The maximum atomic E-state index is 11.3. The van der Waals surface area contributed by atoms with E-state index in [4.69, 9.17) is 0 Å². The summed E-state index contributed by atoms with van der Waals surface area (Å²) in [6.45, 7) is 4.88. The standard InChI is InChI=1S/C10H13NO3/c1-6(8(3)12)7(2)11-9(13)4-5-10(11)14/h4-7H,1-3H3. The summed E-state index contributed by atoms with van der Waals surface area (Å²) in [5.41, 5.74) is 0. The zero-order chi connectivity index (χ0) is 10.9. The van der Waals surface area contributed by atoms with Crippen molar-refractivity contribution in [2.45, 2.75) is 26.8 Å². The highest BCUT2D eigenvalue weighted by atomic mass is 16.2. The van der Waals surface area contributed by atoms with Gasteiger partial charge in [0.2, 0.25) is 0 Å². The molecule has 4 heteroatoms. The predicted octanol–water partition coefficient (Wildman–Crippen LogP) is 0.525. The summed E-state index contributed by atoms with van der Waals surface area (Å²) in [6.07, 6.45) is 2.46. The van der Waals surface area contributed by atoms with E-state index < -0.39 is 0 Å². The molecule has 0 saturated heterocycles. The number of carbonyl (C=O) groups excluding carboxylic acids is 3. The normalized spacial score (nSPS) is 20.1. The Morgan fingerprint density at radius 3 is 2.00 bits per heavy atom. The van der Waals surface area contributed by atoms with Crippen molar-refractivity contribution in [1.82, 2.24) is 4.90 Å². The highest BCUT2D eigenvalue weighted by molar-refractivity contribution is 6.13. The van der Waals surface area contributed by atoms with Crippen molar-refractivity contribution in [3.05, 3.63) is 12.2 Å². The van der Waals surface area contributed by atoms with Crippen LogP contribution in [0.2, 0.25) is 0 Å². The van der Waals surface area contributed by atoms with Crippen molar-refractivity contribution >= 4 is 17.6 Å². The lowest BCUT2D eigenvalue weighted by atomic mass is 9.98. The van der Waals surface area contributed by atoms with Gasteiger partial charge in [0.25, 0.3) is 11.8 Å². The molecule has 0 bridgehead atoms. The van der Waals surface area contributed by atoms with Crippen LogP contribution in [0.4, 0.5) is 0 Å². The van der Waals surface area contributed by atoms with Gasteiger partial charge >= 0.3 is 0 Å². The average molecular weight is 195 g/mol. The number of Topliss-reactive ketones (excluding diaryl/α,β-unsaturated/α-hetero) is 1. The summed E-state index contributed by atoms with van der Waals surface area (Å²) in [5, 5.41) is 0. The minimum Gasteiger partial charge on any atom is -0.300 e. The second-order valence-corrected chi connectivity index (χ2v) is 3.52. The van der Waals surface area contributed by atoms with Crippen molar-refractivity contribution in [3.8, 4) is 0 Å². The summed E-state index contributed by atoms with van der Waals surface area (Å²) in [6, 6.07) is -0.373. The Kier molecular flexibility index (Phi) is 2.84. The molecule has 0 aromatic heterocycles. The first-order valence-electron chi connectivity index (χ1n) is 4.51. The molecule has 14 heavy (non-hydrogen) atoms. The van der Waals surface area contributed by atoms with Crippen LogP contribution in [0.3, 0.4) is 0 Å². The topological polar surface area (TPSA) is 54.5 Å². The van der Waals surface area contributed by atoms with Crippen molar-refractivity contribution in [3.63, 3.8) is 0 Å². The maximum Gasteiger partial charge on any atom is 0.253 e. The summed E-state index contributed by atoms with van der Waals surface area (Å²) in [7, 11) is 0. The maximum absolute atomic E-state index is 11.3. The lowest BCUT2D eigenvalue weighted by molar-refractivity contribution is -0.141. The monoisotopic (exact) mass is 195 g/mol. The van der Waals surface area contributed by atoms with Gasteiger partial charge in [-0.15, -0.1) is 0 Å². The molecule has 76 valence electrons. The first-order chi connectivity index (χ1) is 6.45. The second kappa shape index (κ2) is 3.74. The first kappa shape index (κ1) is 10.6. The molecular weight excluding hydrogens is 182 g/mol. The van der Waals surface area contributed by atoms with E-state index in [0.717, 1.165) is 4.90 Å². The molecule has 4 nitrogen and oxygen atoms in total. The zero-order valence-electron chi connectivity index (χ0n) is 8.48. The van der Waals surface area contributed by atoms with E-state index in [0.29, 0.717) is 0 Å². The largest absolute Gasteiger partial charge is 0.300 e. The Balaban J connectivity index is 2.80. The fourth-order valence-electron chi connectivity index (χ4n) is 1.38. The molecular formula is C10H13NO3. The van der Waals surface area contributed by atoms with Crippen molar-refractivity contribution in [2.24, 2.45) is 5.92 Å². The fourth-order valence-corrected chi connectivity index (χ4v) is 1.38. The van der Waals surface area contributed by atoms with Crippen LogP contribution in [0.15, 0.2) is 12.2 Å². The highest BCUT2D eigenvalue weighted by Gasteiger charge is 2.32. The molecule has 0 fully saturated rings. The molecule has 2 unspecified atom stereocenters. The Morgan fingerprint density at radius 1 is 1.21 bits per heavy atom. The van der Waals surface area contributed by atoms with E-state index in [1.165, 1.54) is 19.1 Å². The van der Waals surface area contributed by atoms with Gasteiger partial charge < -0.3 is 0 Å². The van der Waals surface area contributed by atoms with Crippen LogP contribution >= 0.6 is 0 Å². The number of ketones is 1. The number of carbonyl (C=O) groups is 3. The van der Waals surface area contributed by atoms with Crippen LogP contribution in [-0.2, 0) is 14.4 Å². The molecule has 0 saturated carbocycles. The minimum atomic E-state index is -0.373. The van der Waals surface area contributed by atoms with Gasteiger partial charge in [-0.3, -0.25) is 19.3 Å². The Hall–Kier alpha value is -1.45. The second-order valence-electron chi connectivity index (χ2n) is 3.52. The molecule has 0 radical (unpaired) electrons. The molecule has 1 aliphatic rings. The summed E-state index contributed by atoms with van der Waals surface area (Å²) in [4.78, 5) is 34.7. The highest BCUT2D eigenvalue weighted by Crippen LogP contribution is 2.16. The van der Waals surface area contributed by atoms with E-state index in [2.05, 4.69) is 0 Å². The number of rotatable bonds is 3.